The second-order valence-electron chi connectivity index (χ2n) is 7.21. The molecule has 144 valence electrons. The minimum atomic E-state index is -0.622. The van der Waals surface area contributed by atoms with Crippen LogP contribution in [0, 0.1) is 0 Å². The van der Waals surface area contributed by atoms with Crippen LogP contribution in [0.2, 0.25) is 0 Å². The highest BCUT2D eigenvalue weighted by Gasteiger charge is 2.27. The summed E-state index contributed by atoms with van der Waals surface area (Å²) >= 11 is 0. The van der Waals surface area contributed by atoms with Crippen LogP contribution in [0.15, 0.2) is 48.8 Å². The zero-order valence-electron chi connectivity index (χ0n) is 16.4. The average molecular weight is 370 g/mol. The van der Waals surface area contributed by atoms with Crippen LogP contribution in [-0.2, 0) is 9.53 Å². The molecule has 2 aromatic rings. The van der Waals surface area contributed by atoms with E-state index < -0.39 is 11.6 Å². The van der Waals surface area contributed by atoms with Gasteiger partial charge in [0.05, 0.1) is 18.7 Å². The van der Waals surface area contributed by atoms with Crippen LogP contribution in [0.1, 0.15) is 49.7 Å². The van der Waals surface area contributed by atoms with Crippen molar-refractivity contribution in [2.24, 2.45) is 0 Å². The lowest BCUT2D eigenvalue weighted by Crippen LogP contribution is -2.40. The first kappa shape index (κ1) is 20.4. The molecule has 1 atom stereocenters. The number of nitrogens with zero attached hydrogens (tertiary/aromatic N) is 2. The van der Waals surface area contributed by atoms with Crippen LogP contribution in [-0.4, -0.2) is 41.0 Å². The first-order chi connectivity index (χ1) is 12.7. The van der Waals surface area contributed by atoms with E-state index in [1.165, 1.54) is 11.1 Å². The van der Waals surface area contributed by atoms with E-state index in [4.69, 9.17) is 9.47 Å². The number of esters is 1. The molecule has 0 spiro atoms. The van der Waals surface area contributed by atoms with Crippen molar-refractivity contribution < 1.29 is 19.1 Å². The number of hydrogen-bond donors (Lipinski definition) is 0. The third kappa shape index (κ3) is 5.81. The number of hydrogen-bond acceptors (Lipinski definition) is 5. The van der Waals surface area contributed by atoms with Crippen molar-refractivity contribution in [3.63, 3.8) is 0 Å². The number of aromatic nitrogens is 1. The maximum Gasteiger partial charge on any atom is 0.326 e. The molecule has 0 radical (unpaired) electrons. The Kier molecular flexibility index (Phi) is 6.55. The van der Waals surface area contributed by atoms with Gasteiger partial charge in [0.15, 0.2) is 0 Å². The molecule has 2 rings (SSSR count). The number of pyridine rings is 1. The monoisotopic (exact) mass is 370 g/mol. The van der Waals surface area contributed by atoms with E-state index in [-0.39, 0.29) is 18.5 Å². The summed E-state index contributed by atoms with van der Waals surface area (Å²) < 4.78 is 10.6. The number of carbonyl (C=O) groups excluding carboxylic acids is 2. The molecule has 0 saturated heterocycles. The van der Waals surface area contributed by atoms with Crippen molar-refractivity contribution in [1.29, 1.82) is 0 Å². The van der Waals surface area contributed by atoms with Gasteiger partial charge in [-0.05, 0) is 57.5 Å². The molecule has 0 N–H and O–H groups in total. The van der Waals surface area contributed by atoms with E-state index in [2.05, 4.69) is 4.98 Å². The molecule has 1 aromatic heterocycles. The summed E-state index contributed by atoms with van der Waals surface area (Å²) in [6.07, 6.45) is 3.09. The third-order valence-electron chi connectivity index (χ3n) is 3.95. The zero-order valence-corrected chi connectivity index (χ0v) is 16.4. The third-order valence-corrected chi connectivity index (χ3v) is 3.95. The summed E-state index contributed by atoms with van der Waals surface area (Å²) in [5, 5.41) is 0. The van der Waals surface area contributed by atoms with Gasteiger partial charge in [0.25, 0.3) is 5.91 Å². The van der Waals surface area contributed by atoms with Gasteiger partial charge in [0.2, 0.25) is 0 Å². The fourth-order valence-corrected chi connectivity index (χ4v) is 2.61. The quantitative estimate of drug-likeness (QED) is 0.726. The Morgan fingerprint density at radius 1 is 1.15 bits per heavy atom. The van der Waals surface area contributed by atoms with Crippen LogP contribution in [0.4, 0.5) is 0 Å². The van der Waals surface area contributed by atoms with Crippen molar-refractivity contribution >= 4 is 11.9 Å². The number of benzene rings is 1. The van der Waals surface area contributed by atoms with Gasteiger partial charge >= 0.3 is 5.97 Å². The van der Waals surface area contributed by atoms with Crippen molar-refractivity contribution in [3.8, 4) is 5.75 Å². The van der Waals surface area contributed by atoms with E-state index in [9.17, 15) is 9.59 Å². The fourth-order valence-electron chi connectivity index (χ4n) is 2.61. The Hall–Kier alpha value is -2.89. The number of methoxy groups -OCH3 is 1. The minimum absolute atomic E-state index is 0.155. The van der Waals surface area contributed by atoms with Crippen LogP contribution in [0.5, 0.6) is 5.75 Å². The molecule has 0 saturated carbocycles. The van der Waals surface area contributed by atoms with Gasteiger partial charge in [-0.2, -0.15) is 0 Å². The molecular formula is C21H26N2O4. The maximum atomic E-state index is 13.0. The highest BCUT2D eigenvalue weighted by molar-refractivity contribution is 5.96. The van der Waals surface area contributed by atoms with Crippen LogP contribution >= 0.6 is 0 Å². The van der Waals surface area contributed by atoms with E-state index in [1.807, 2.05) is 31.2 Å². The van der Waals surface area contributed by atoms with Gasteiger partial charge in [-0.1, -0.05) is 12.1 Å². The predicted octanol–water partition coefficient (Wildman–Crippen LogP) is 3.64. The molecule has 0 aliphatic heterocycles. The second-order valence-corrected chi connectivity index (χ2v) is 7.21. The summed E-state index contributed by atoms with van der Waals surface area (Å²) in [5.41, 5.74) is 0.682. The average Bonchev–Trinajstić information content (AvgIpc) is 2.64. The van der Waals surface area contributed by atoms with E-state index in [0.717, 1.165) is 11.3 Å². The van der Waals surface area contributed by atoms with E-state index in [0.29, 0.717) is 5.56 Å². The topological polar surface area (TPSA) is 68.7 Å². The highest BCUT2D eigenvalue weighted by atomic mass is 16.6. The number of rotatable bonds is 6. The summed E-state index contributed by atoms with van der Waals surface area (Å²) in [7, 11) is 1.60. The molecule has 6 nitrogen and oxygen atoms in total. The summed E-state index contributed by atoms with van der Waals surface area (Å²) in [5.74, 6) is -0.0133. The number of carbonyl (C=O) groups is 2. The molecular weight excluding hydrogens is 344 g/mol. The predicted molar refractivity (Wildman–Crippen MR) is 103 cm³/mol. The molecule has 0 aliphatic rings. The largest absolute Gasteiger partial charge is 0.497 e. The lowest BCUT2D eigenvalue weighted by Gasteiger charge is -2.30. The molecule has 27 heavy (non-hydrogen) atoms. The molecule has 1 amide bonds. The van der Waals surface area contributed by atoms with Gasteiger partial charge in [-0.3, -0.25) is 14.6 Å². The van der Waals surface area contributed by atoms with Crippen LogP contribution in [0.25, 0.3) is 0 Å². The number of amides is 1. The Bertz CT molecular complexity index is 767. The molecule has 0 aliphatic carbocycles. The fraction of sp³-hybridized carbons (Fsp3) is 0.381. The Balaban J connectivity index is 2.29. The lowest BCUT2D eigenvalue weighted by molar-refractivity contribution is -0.156. The Labute approximate surface area is 160 Å². The summed E-state index contributed by atoms with van der Waals surface area (Å²) in [6.45, 7) is 7.11. The van der Waals surface area contributed by atoms with E-state index in [1.54, 1.807) is 46.2 Å². The van der Waals surface area contributed by atoms with Crippen molar-refractivity contribution in [2.75, 3.05) is 13.7 Å². The zero-order chi connectivity index (χ0) is 20.0. The van der Waals surface area contributed by atoms with Crippen LogP contribution < -0.4 is 4.74 Å². The number of ether oxygens (including phenoxy) is 2. The first-order valence-corrected chi connectivity index (χ1v) is 8.78. The van der Waals surface area contributed by atoms with E-state index >= 15 is 0 Å². The molecule has 1 heterocycles. The lowest BCUT2D eigenvalue weighted by atomic mass is 10.1. The smallest absolute Gasteiger partial charge is 0.326 e. The van der Waals surface area contributed by atoms with Gasteiger partial charge in [-0.15, -0.1) is 0 Å². The van der Waals surface area contributed by atoms with Gasteiger partial charge < -0.3 is 14.4 Å². The highest BCUT2D eigenvalue weighted by Crippen LogP contribution is 2.24. The molecule has 0 bridgehead atoms. The summed E-state index contributed by atoms with van der Waals surface area (Å²) in [4.78, 5) is 30.9. The van der Waals surface area contributed by atoms with Crippen molar-refractivity contribution in [1.82, 2.24) is 9.88 Å². The van der Waals surface area contributed by atoms with Gasteiger partial charge in [0.1, 0.15) is 17.9 Å². The van der Waals surface area contributed by atoms with Gasteiger partial charge in [-0.25, -0.2) is 0 Å². The molecule has 6 heteroatoms. The Morgan fingerprint density at radius 3 is 2.33 bits per heavy atom. The Morgan fingerprint density at radius 2 is 1.81 bits per heavy atom. The molecule has 0 fully saturated rings. The minimum Gasteiger partial charge on any atom is -0.497 e. The van der Waals surface area contributed by atoms with Gasteiger partial charge in [0, 0.05) is 12.4 Å². The SMILES string of the molecule is COc1ccc([C@H](C)N(CC(=O)OC(C)(C)C)C(=O)c2cccnc2)cc1. The standard InChI is InChI=1S/C21H26N2O4/c1-15(16-8-10-18(26-5)11-9-16)23(14-19(24)27-21(2,3)4)20(25)17-7-6-12-22-13-17/h6-13,15H,14H2,1-5H3/t15-/m0/s1. The maximum absolute atomic E-state index is 13.0. The van der Waals surface area contributed by atoms with Crippen molar-refractivity contribution in [3.05, 3.63) is 59.9 Å². The molecule has 0 unspecified atom stereocenters. The first-order valence-electron chi connectivity index (χ1n) is 8.78. The second kappa shape index (κ2) is 8.66. The summed E-state index contributed by atoms with van der Waals surface area (Å²) in [6, 6.07) is 10.4. The van der Waals surface area contributed by atoms with Crippen molar-refractivity contribution in [2.45, 2.75) is 39.3 Å². The molecule has 1 aromatic carbocycles. The normalized spacial score (nSPS) is 12.2. The van der Waals surface area contributed by atoms with Crippen LogP contribution in [0.3, 0.4) is 0 Å².